The summed E-state index contributed by atoms with van der Waals surface area (Å²) < 4.78 is 33.4. The third-order valence-corrected chi connectivity index (χ3v) is 2.70. The number of rotatable bonds is 3. The Bertz CT molecular complexity index is 608. The Balaban J connectivity index is 2.41. The van der Waals surface area contributed by atoms with E-state index in [1.54, 1.807) is 7.05 Å². The maximum atomic E-state index is 13.5. The Hall–Kier alpha value is -2.11. The molecule has 0 bridgehead atoms. The summed E-state index contributed by atoms with van der Waals surface area (Å²) in [6.45, 7) is 3.87. The molecule has 0 aliphatic rings. The zero-order valence-corrected chi connectivity index (χ0v) is 10.9. The van der Waals surface area contributed by atoms with Crippen LogP contribution in [-0.4, -0.2) is 9.78 Å². The second kappa shape index (κ2) is 4.87. The fourth-order valence-corrected chi connectivity index (χ4v) is 1.75. The first-order valence-corrected chi connectivity index (χ1v) is 5.85. The average molecular weight is 267 g/mol. The highest BCUT2D eigenvalue weighted by Crippen LogP contribution is 2.34. The molecule has 0 unspecified atom stereocenters. The number of nitrogens with two attached hydrogens (primary N) is 1. The van der Waals surface area contributed by atoms with Crippen LogP contribution in [0.15, 0.2) is 18.2 Å². The maximum Gasteiger partial charge on any atom is 0.241 e. The van der Waals surface area contributed by atoms with Crippen LogP contribution in [0.1, 0.15) is 25.5 Å². The molecule has 1 heterocycles. The zero-order valence-electron chi connectivity index (χ0n) is 10.9. The topological polar surface area (TPSA) is 53.1 Å². The average Bonchev–Trinajstić information content (AvgIpc) is 2.62. The SMILES string of the molecule is CC(C)c1nn(C)c(Oc2cc(F)ccc2F)c1N. The van der Waals surface area contributed by atoms with Crippen LogP contribution < -0.4 is 10.5 Å². The minimum atomic E-state index is -0.659. The Kier molecular flexibility index (Phi) is 3.42. The fourth-order valence-electron chi connectivity index (χ4n) is 1.75. The third kappa shape index (κ3) is 2.52. The van der Waals surface area contributed by atoms with Gasteiger partial charge in [-0.1, -0.05) is 13.8 Å². The van der Waals surface area contributed by atoms with Crippen molar-refractivity contribution in [1.82, 2.24) is 9.78 Å². The quantitative estimate of drug-likeness (QED) is 0.929. The number of nitrogen functional groups attached to an aromatic ring is 1. The van der Waals surface area contributed by atoms with Crippen LogP contribution in [0.3, 0.4) is 0 Å². The smallest absolute Gasteiger partial charge is 0.241 e. The summed E-state index contributed by atoms with van der Waals surface area (Å²) in [6, 6.07) is 2.99. The third-order valence-electron chi connectivity index (χ3n) is 2.70. The Morgan fingerprint density at radius 1 is 1.32 bits per heavy atom. The zero-order chi connectivity index (χ0) is 14.2. The van der Waals surface area contributed by atoms with Gasteiger partial charge in [0, 0.05) is 13.1 Å². The van der Waals surface area contributed by atoms with Crippen molar-refractivity contribution in [3.05, 3.63) is 35.5 Å². The highest BCUT2D eigenvalue weighted by Gasteiger charge is 2.19. The summed E-state index contributed by atoms with van der Waals surface area (Å²) in [7, 11) is 1.63. The fraction of sp³-hybridized carbons (Fsp3) is 0.308. The Morgan fingerprint density at radius 3 is 2.58 bits per heavy atom. The molecule has 0 radical (unpaired) electrons. The molecule has 0 spiro atoms. The van der Waals surface area contributed by atoms with E-state index in [0.29, 0.717) is 11.4 Å². The molecule has 0 fully saturated rings. The van der Waals surface area contributed by atoms with Crippen molar-refractivity contribution in [2.45, 2.75) is 19.8 Å². The molecule has 0 aliphatic carbocycles. The van der Waals surface area contributed by atoms with E-state index in [9.17, 15) is 8.78 Å². The molecule has 6 heteroatoms. The highest BCUT2D eigenvalue weighted by molar-refractivity contribution is 5.55. The van der Waals surface area contributed by atoms with Crippen molar-refractivity contribution < 1.29 is 13.5 Å². The van der Waals surface area contributed by atoms with Gasteiger partial charge >= 0.3 is 0 Å². The normalized spacial score (nSPS) is 11.1. The molecular formula is C13H15F2N3O. The lowest BCUT2D eigenvalue weighted by Crippen LogP contribution is -1.98. The van der Waals surface area contributed by atoms with Crippen LogP contribution in [0.5, 0.6) is 11.6 Å². The van der Waals surface area contributed by atoms with Gasteiger partial charge in [0.05, 0.1) is 5.69 Å². The van der Waals surface area contributed by atoms with Gasteiger partial charge < -0.3 is 10.5 Å². The van der Waals surface area contributed by atoms with Crippen LogP contribution in [0.2, 0.25) is 0 Å². The minimum absolute atomic E-state index is 0.112. The number of benzene rings is 1. The van der Waals surface area contributed by atoms with Gasteiger partial charge in [0.15, 0.2) is 11.6 Å². The second-order valence-electron chi connectivity index (χ2n) is 4.56. The van der Waals surface area contributed by atoms with Gasteiger partial charge in [-0.25, -0.2) is 13.5 Å². The molecule has 19 heavy (non-hydrogen) atoms. The molecule has 0 atom stereocenters. The molecule has 0 saturated heterocycles. The van der Waals surface area contributed by atoms with Gasteiger partial charge in [0.1, 0.15) is 11.5 Å². The summed E-state index contributed by atoms with van der Waals surface area (Å²) in [6.07, 6.45) is 0. The van der Waals surface area contributed by atoms with Gasteiger partial charge in [-0.05, 0) is 18.1 Å². The van der Waals surface area contributed by atoms with Gasteiger partial charge in [-0.2, -0.15) is 5.10 Å². The number of halogens is 2. The maximum absolute atomic E-state index is 13.5. The van der Waals surface area contributed by atoms with Crippen molar-refractivity contribution >= 4 is 5.69 Å². The molecule has 2 N–H and O–H groups in total. The van der Waals surface area contributed by atoms with Gasteiger partial charge in [0.25, 0.3) is 0 Å². The summed E-state index contributed by atoms with van der Waals surface area (Å²) in [5.74, 6) is -1.14. The lowest BCUT2D eigenvalue weighted by molar-refractivity contribution is 0.401. The molecule has 1 aromatic carbocycles. The minimum Gasteiger partial charge on any atom is -0.434 e. The number of hydrogen-bond donors (Lipinski definition) is 1. The predicted octanol–water partition coefficient (Wildman–Crippen LogP) is 3.20. The molecular weight excluding hydrogens is 252 g/mol. The molecule has 0 saturated carbocycles. The van der Waals surface area contributed by atoms with Crippen molar-refractivity contribution in [1.29, 1.82) is 0 Å². The summed E-state index contributed by atoms with van der Waals surface area (Å²) in [4.78, 5) is 0. The number of nitrogens with zero attached hydrogens (tertiary/aromatic N) is 2. The molecule has 2 rings (SSSR count). The van der Waals surface area contributed by atoms with Gasteiger partial charge in [-0.3, -0.25) is 0 Å². The molecule has 2 aromatic rings. The molecule has 4 nitrogen and oxygen atoms in total. The van der Waals surface area contributed by atoms with Crippen LogP contribution in [0, 0.1) is 11.6 Å². The Morgan fingerprint density at radius 2 is 2.00 bits per heavy atom. The summed E-state index contributed by atoms with van der Waals surface area (Å²) >= 11 is 0. The van der Waals surface area contributed by atoms with Crippen molar-refractivity contribution in [3.8, 4) is 11.6 Å². The first-order valence-electron chi connectivity index (χ1n) is 5.85. The van der Waals surface area contributed by atoms with E-state index in [1.165, 1.54) is 4.68 Å². The number of anilines is 1. The number of hydrogen-bond acceptors (Lipinski definition) is 3. The van der Waals surface area contributed by atoms with E-state index in [-0.39, 0.29) is 17.5 Å². The summed E-state index contributed by atoms with van der Waals surface area (Å²) in [5.41, 5.74) is 6.91. The molecule has 1 aromatic heterocycles. The molecule has 0 aliphatic heterocycles. The van der Waals surface area contributed by atoms with E-state index in [0.717, 1.165) is 18.2 Å². The van der Waals surface area contributed by atoms with E-state index < -0.39 is 11.6 Å². The standard InChI is InChI=1S/C13H15F2N3O/c1-7(2)12-11(16)13(18(3)17-12)19-10-6-8(14)4-5-9(10)15/h4-7H,16H2,1-3H3. The van der Waals surface area contributed by atoms with E-state index in [2.05, 4.69) is 5.10 Å². The van der Waals surface area contributed by atoms with Crippen LogP contribution in [0.25, 0.3) is 0 Å². The number of aromatic nitrogens is 2. The number of ether oxygens (including phenoxy) is 1. The van der Waals surface area contributed by atoms with E-state index in [4.69, 9.17) is 10.5 Å². The first kappa shape index (κ1) is 13.3. The lowest BCUT2D eigenvalue weighted by Gasteiger charge is -2.08. The predicted molar refractivity (Wildman–Crippen MR) is 68.1 cm³/mol. The number of aryl methyl sites for hydroxylation is 1. The van der Waals surface area contributed by atoms with Crippen molar-refractivity contribution in [2.75, 3.05) is 5.73 Å². The van der Waals surface area contributed by atoms with Crippen molar-refractivity contribution in [2.24, 2.45) is 7.05 Å². The lowest BCUT2D eigenvalue weighted by atomic mass is 10.1. The molecule has 102 valence electrons. The van der Waals surface area contributed by atoms with E-state index >= 15 is 0 Å². The van der Waals surface area contributed by atoms with Gasteiger partial charge in [-0.15, -0.1) is 0 Å². The van der Waals surface area contributed by atoms with Crippen LogP contribution >= 0.6 is 0 Å². The largest absolute Gasteiger partial charge is 0.434 e. The van der Waals surface area contributed by atoms with Crippen LogP contribution in [0.4, 0.5) is 14.5 Å². The Labute approximate surface area is 109 Å². The highest BCUT2D eigenvalue weighted by atomic mass is 19.1. The van der Waals surface area contributed by atoms with Crippen molar-refractivity contribution in [3.63, 3.8) is 0 Å². The second-order valence-corrected chi connectivity index (χ2v) is 4.56. The van der Waals surface area contributed by atoms with Crippen LogP contribution in [-0.2, 0) is 7.05 Å². The molecule has 0 amide bonds. The van der Waals surface area contributed by atoms with Gasteiger partial charge in [0.2, 0.25) is 5.88 Å². The van der Waals surface area contributed by atoms with E-state index in [1.807, 2.05) is 13.8 Å². The summed E-state index contributed by atoms with van der Waals surface area (Å²) in [5, 5.41) is 4.21. The first-order chi connectivity index (χ1) is 8.90. The monoisotopic (exact) mass is 267 g/mol.